The smallest absolute Gasteiger partial charge is 0.264 e. The SMILES string of the molecule is CCOc1ccc(N(CC(=O)NCc2ccccc2C)S(=O)(=O)c2ccc(C)cc2)cc1. The van der Waals surface area contributed by atoms with Gasteiger partial charge in [0.25, 0.3) is 10.0 Å². The van der Waals surface area contributed by atoms with Gasteiger partial charge in [0, 0.05) is 6.54 Å². The lowest BCUT2D eigenvalue weighted by molar-refractivity contribution is -0.119. The highest BCUT2D eigenvalue weighted by molar-refractivity contribution is 7.92. The Morgan fingerprint density at radius 1 is 0.938 bits per heavy atom. The van der Waals surface area contributed by atoms with E-state index in [1.807, 2.05) is 45.0 Å². The minimum atomic E-state index is -3.95. The van der Waals surface area contributed by atoms with Gasteiger partial charge in [-0.1, -0.05) is 42.0 Å². The first kappa shape index (κ1) is 23.3. The largest absolute Gasteiger partial charge is 0.494 e. The second kappa shape index (κ2) is 10.3. The van der Waals surface area contributed by atoms with Crippen LogP contribution >= 0.6 is 0 Å². The molecule has 168 valence electrons. The van der Waals surface area contributed by atoms with Gasteiger partial charge >= 0.3 is 0 Å². The minimum Gasteiger partial charge on any atom is -0.494 e. The Hall–Kier alpha value is -3.32. The van der Waals surface area contributed by atoms with Crippen molar-refractivity contribution in [3.05, 3.63) is 89.5 Å². The molecule has 0 saturated carbocycles. The van der Waals surface area contributed by atoms with Crippen LogP contribution in [0.25, 0.3) is 0 Å². The van der Waals surface area contributed by atoms with Gasteiger partial charge in [-0.05, 0) is 68.3 Å². The van der Waals surface area contributed by atoms with E-state index in [-0.39, 0.29) is 11.4 Å². The van der Waals surface area contributed by atoms with Crippen LogP contribution in [0.15, 0.2) is 77.7 Å². The summed E-state index contributed by atoms with van der Waals surface area (Å²) in [6, 6.07) is 21.0. The van der Waals surface area contributed by atoms with Gasteiger partial charge in [0.05, 0.1) is 17.2 Å². The van der Waals surface area contributed by atoms with Crippen molar-refractivity contribution in [1.29, 1.82) is 0 Å². The summed E-state index contributed by atoms with van der Waals surface area (Å²) in [4.78, 5) is 12.9. The van der Waals surface area contributed by atoms with E-state index >= 15 is 0 Å². The van der Waals surface area contributed by atoms with Gasteiger partial charge in [0.2, 0.25) is 5.91 Å². The quantitative estimate of drug-likeness (QED) is 0.528. The Morgan fingerprint density at radius 3 is 2.22 bits per heavy atom. The molecule has 0 fully saturated rings. The highest BCUT2D eigenvalue weighted by Gasteiger charge is 2.27. The number of ether oxygens (including phenoxy) is 1. The second-order valence-corrected chi connectivity index (χ2v) is 9.32. The van der Waals surface area contributed by atoms with E-state index in [9.17, 15) is 13.2 Å². The van der Waals surface area contributed by atoms with Crippen molar-refractivity contribution < 1.29 is 17.9 Å². The number of carbonyl (C=O) groups is 1. The number of hydrogen-bond donors (Lipinski definition) is 1. The maximum atomic E-state index is 13.4. The molecule has 32 heavy (non-hydrogen) atoms. The van der Waals surface area contributed by atoms with Crippen molar-refractivity contribution in [1.82, 2.24) is 5.32 Å². The Kier molecular flexibility index (Phi) is 7.53. The van der Waals surface area contributed by atoms with Gasteiger partial charge in [0.15, 0.2) is 0 Å². The Morgan fingerprint density at radius 2 is 1.59 bits per heavy atom. The second-order valence-electron chi connectivity index (χ2n) is 7.45. The number of nitrogens with zero attached hydrogens (tertiary/aromatic N) is 1. The lowest BCUT2D eigenvalue weighted by atomic mass is 10.1. The van der Waals surface area contributed by atoms with E-state index in [0.717, 1.165) is 21.0 Å². The number of rotatable bonds is 9. The third kappa shape index (κ3) is 5.68. The molecule has 0 bridgehead atoms. The van der Waals surface area contributed by atoms with Gasteiger partial charge in [-0.25, -0.2) is 8.42 Å². The summed E-state index contributed by atoms with van der Waals surface area (Å²) in [6.07, 6.45) is 0. The van der Waals surface area contributed by atoms with Gasteiger partial charge in [-0.3, -0.25) is 9.10 Å². The summed E-state index contributed by atoms with van der Waals surface area (Å²) >= 11 is 0. The molecule has 0 heterocycles. The van der Waals surface area contributed by atoms with Crippen LogP contribution in [0.4, 0.5) is 5.69 Å². The zero-order valence-corrected chi connectivity index (χ0v) is 19.4. The van der Waals surface area contributed by atoms with Gasteiger partial charge in [0.1, 0.15) is 12.3 Å². The van der Waals surface area contributed by atoms with Crippen molar-refractivity contribution in [2.75, 3.05) is 17.5 Å². The normalized spacial score (nSPS) is 11.1. The monoisotopic (exact) mass is 452 g/mol. The number of amides is 1. The molecule has 1 amide bonds. The molecule has 7 heteroatoms. The van der Waals surface area contributed by atoms with Crippen LogP contribution in [0, 0.1) is 13.8 Å². The number of aryl methyl sites for hydroxylation is 2. The minimum absolute atomic E-state index is 0.128. The van der Waals surface area contributed by atoms with Crippen LogP contribution in [0.5, 0.6) is 5.75 Å². The number of anilines is 1. The van der Waals surface area contributed by atoms with Crippen LogP contribution < -0.4 is 14.4 Å². The summed E-state index contributed by atoms with van der Waals surface area (Å²) < 4.78 is 33.4. The van der Waals surface area contributed by atoms with E-state index in [1.165, 1.54) is 0 Å². The number of benzene rings is 3. The first-order valence-electron chi connectivity index (χ1n) is 10.4. The van der Waals surface area contributed by atoms with E-state index in [1.54, 1.807) is 48.5 Å². The van der Waals surface area contributed by atoms with Crippen molar-refractivity contribution in [2.45, 2.75) is 32.2 Å². The van der Waals surface area contributed by atoms with E-state index in [4.69, 9.17) is 4.74 Å². The van der Waals surface area contributed by atoms with Crippen LogP contribution in [0.2, 0.25) is 0 Å². The molecule has 1 N–H and O–H groups in total. The van der Waals surface area contributed by atoms with E-state index < -0.39 is 15.9 Å². The average molecular weight is 453 g/mol. The predicted octanol–water partition coefficient (Wildman–Crippen LogP) is 4.21. The molecular weight excluding hydrogens is 424 g/mol. The number of sulfonamides is 1. The fraction of sp³-hybridized carbons (Fsp3) is 0.240. The van der Waals surface area contributed by atoms with E-state index in [2.05, 4.69) is 5.32 Å². The van der Waals surface area contributed by atoms with Crippen LogP contribution in [-0.4, -0.2) is 27.5 Å². The van der Waals surface area contributed by atoms with Gasteiger partial charge < -0.3 is 10.1 Å². The van der Waals surface area contributed by atoms with Crippen molar-refractivity contribution >= 4 is 21.6 Å². The molecule has 0 spiro atoms. The molecule has 6 nitrogen and oxygen atoms in total. The zero-order chi connectivity index (χ0) is 23.1. The van der Waals surface area contributed by atoms with Gasteiger partial charge in [-0.2, -0.15) is 0 Å². The lowest BCUT2D eigenvalue weighted by Gasteiger charge is -2.24. The summed E-state index contributed by atoms with van der Waals surface area (Å²) in [5.74, 6) is 0.241. The van der Waals surface area contributed by atoms with Crippen molar-refractivity contribution in [3.63, 3.8) is 0 Å². The highest BCUT2D eigenvalue weighted by Crippen LogP contribution is 2.26. The van der Waals surface area contributed by atoms with Gasteiger partial charge in [-0.15, -0.1) is 0 Å². The third-order valence-corrected chi connectivity index (χ3v) is 6.86. The van der Waals surface area contributed by atoms with Crippen LogP contribution in [0.1, 0.15) is 23.6 Å². The maximum Gasteiger partial charge on any atom is 0.264 e. The average Bonchev–Trinajstić information content (AvgIpc) is 2.78. The Balaban J connectivity index is 1.86. The molecular formula is C25H28N2O4S. The molecule has 3 rings (SSSR count). The number of nitrogens with one attached hydrogen (secondary N) is 1. The standard InChI is InChI=1S/C25H28N2O4S/c1-4-31-23-13-11-22(12-14-23)27(32(29,30)24-15-9-19(2)10-16-24)18-25(28)26-17-21-8-6-5-7-20(21)3/h5-16H,4,17-18H2,1-3H3,(H,26,28). The molecule has 0 atom stereocenters. The summed E-state index contributed by atoms with van der Waals surface area (Å²) in [5, 5.41) is 2.83. The Bertz CT molecular complexity index is 1160. The zero-order valence-electron chi connectivity index (χ0n) is 18.5. The van der Waals surface area contributed by atoms with Crippen molar-refractivity contribution in [2.24, 2.45) is 0 Å². The topological polar surface area (TPSA) is 75.7 Å². The first-order valence-corrected chi connectivity index (χ1v) is 11.9. The van der Waals surface area contributed by atoms with Crippen molar-refractivity contribution in [3.8, 4) is 5.75 Å². The molecule has 0 aliphatic rings. The summed E-state index contributed by atoms with van der Waals surface area (Å²) in [7, 11) is -3.95. The number of hydrogen-bond acceptors (Lipinski definition) is 4. The summed E-state index contributed by atoms with van der Waals surface area (Å²) in [6.45, 7) is 6.23. The van der Waals surface area contributed by atoms with Crippen LogP contribution in [0.3, 0.4) is 0 Å². The fourth-order valence-electron chi connectivity index (χ4n) is 3.22. The molecule has 3 aromatic carbocycles. The molecule has 0 saturated heterocycles. The highest BCUT2D eigenvalue weighted by atomic mass is 32.2. The maximum absolute atomic E-state index is 13.4. The molecule has 0 aromatic heterocycles. The lowest BCUT2D eigenvalue weighted by Crippen LogP contribution is -2.40. The van der Waals surface area contributed by atoms with E-state index in [0.29, 0.717) is 24.6 Å². The molecule has 0 aliphatic carbocycles. The van der Waals surface area contributed by atoms with Crippen LogP contribution in [-0.2, 0) is 21.4 Å². The molecule has 0 radical (unpaired) electrons. The number of carbonyl (C=O) groups excluding carboxylic acids is 1. The molecule has 0 aliphatic heterocycles. The predicted molar refractivity (Wildman–Crippen MR) is 126 cm³/mol. The Labute approximate surface area is 189 Å². The first-order chi connectivity index (χ1) is 15.3. The summed E-state index contributed by atoms with van der Waals surface area (Å²) in [5.41, 5.74) is 3.38. The molecule has 0 unspecified atom stereocenters. The fourth-order valence-corrected chi connectivity index (χ4v) is 4.64. The molecule has 3 aromatic rings. The third-order valence-electron chi connectivity index (χ3n) is 5.07.